The summed E-state index contributed by atoms with van der Waals surface area (Å²) in [4.78, 5) is 28.2. The SMILES string of the molecule is CC(C)(C)c1cc(C(=O)N2CCCC3(CCCCCOc4ccccc4C(=O)NC3)C2)n[nH]1. The van der Waals surface area contributed by atoms with Gasteiger partial charge in [-0.3, -0.25) is 14.7 Å². The Morgan fingerprint density at radius 2 is 1.91 bits per heavy atom. The number of fused-ring (bicyclic) bond motifs is 1. The molecule has 7 nitrogen and oxygen atoms in total. The van der Waals surface area contributed by atoms with Crippen LogP contribution >= 0.6 is 0 Å². The summed E-state index contributed by atoms with van der Waals surface area (Å²) in [5, 5.41) is 10.5. The zero-order valence-electron chi connectivity index (χ0n) is 20.1. The minimum Gasteiger partial charge on any atom is -0.493 e. The van der Waals surface area contributed by atoms with Crippen molar-refractivity contribution in [1.29, 1.82) is 0 Å². The van der Waals surface area contributed by atoms with Gasteiger partial charge in [-0.05, 0) is 43.9 Å². The molecule has 7 heteroatoms. The lowest BCUT2D eigenvalue weighted by molar-refractivity contribution is 0.0463. The summed E-state index contributed by atoms with van der Waals surface area (Å²) in [7, 11) is 0. The van der Waals surface area contributed by atoms with E-state index in [-0.39, 0.29) is 22.6 Å². The molecule has 1 unspecified atom stereocenters. The Hall–Kier alpha value is -2.83. The number of hydrogen-bond donors (Lipinski definition) is 2. The average molecular weight is 453 g/mol. The van der Waals surface area contributed by atoms with Crippen LogP contribution in [-0.4, -0.2) is 53.2 Å². The summed E-state index contributed by atoms with van der Waals surface area (Å²) in [5.74, 6) is 0.492. The second-order valence-electron chi connectivity index (χ2n) is 10.6. The molecule has 2 aliphatic heterocycles. The van der Waals surface area contributed by atoms with Crippen molar-refractivity contribution in [1.82, 2.24) is 20.4 Å². The molecule has 0 radical (unpaired) electrons. The number of para-hydroxylation sites is 1. The molecular weight excluding hydrogens is 416 g/mol. The smallest absolute Gasteiger partial charge is 0.274 e. The van der Waals surface area contributed by atoms with Crippen LogP contribution in [0.15, 0.2) is 30.3 Å². The van der Waals surface area contributed by atoms with Crippen LogP contribution < -0.4 is 10.1 Å². The Morgan fingerprint density at radius 1 is 1.12 bits per heavy atom. The molecule has 2 amide bonds. The molecule has 1 atom stereocenters. The molecule has 178 valence electrons. The van der Waals surface area contributed by atoms with Crippen molar-refractivity contribution in [3.63, 3.8) is 0 Å². The number of benzene rings is 1. The summed E-state index contributed by atoms with van der Waals surface area (Å²) in [6.07, 6.45) is 5.99. The molecular formula is C26H36N4O3. The van der Waals surface area contributed by atoms with Crippen molar-refractivity contribution in [3.05, 3.63) is 47.3 Å². The molecule has 4 rings (SSSR count). The Morgan fingerprint density at radius 3 is 2.70 bits per heavy atom. The van der Waals surface area contributed by atoms with Gasteiger partial charge in [0.05, 0.1) is 12.2 Å². The first-order valence-electron chi connectivity index (χ1n) is 12.1. The van der Waals surface area contributed by atoms with Gasteiger partial charge in [0.25, 0.3) is 11.8 Å². The number of nitrogens with zero attached hydrogens (tertiary/aromatic N) is 2. The first-order valence-corrected chi connectivity index (χ1v) is 12.1. The van der Waals surface area contributed by atoms with E-state index < -0.39 is 0 Å². The molecule has 2 aliphatic rings. The third-order valence-electron chi connectivity index (χ3n) is 6.92. The molecule has 0 aliphatic carbocycles. The predicted molar refractivity (Wildman–Crippen MR) is 128 cm³/mol. The maximum absolute atomic E-state index is 13.3. The first-order chi connectivity index (χ1) is 15.8. The minimum atomic E-state index is -0.123. The number of hydrogen-bond acceptors (Lipinski definition) is 4. The number of carbonyl (C=O) groups is 2. The fourth-order valence-corrected chi connectivity index (χ4v) is 4.90. The van der Waals surface area contributed by atoms with Crippen LogP contribution in [0.2, 0.25) is 0 Å². The number of aromatic amines is 1. The van der Waals surface area contributed by atoms with Crippen LogP contribution in [0.3, 0.4) is 0 Å². The van der Waals surface area contributed by atoms with Gasteiger partial charge < -0.3 is 15.0 Å². The third kappa shape index (κ3) is 5.40. The van der Waals surface area contributed by atoms with Gasteiger partial charge in [0.1, 0.15) is 11.4 Å². The van der Waals surface area contributed by atoms with E-state index in [1.807, 2.05) is 35.2 Å². The molecule has 1 aromatic heterocycles. The van der Waals surface area contributed by atoms with Gasteiger partial charge in [-0.25, -0.2) is 0 Å². The molecule has 1 spiro atoms. The second-order valence-corrected chi connectivity index (χ2v) is 10.6. The van der Waals surface area contributed by atoms with Crippen LogP contribution in [0, 0.1) is 5.41 Å². The summed E-state index contributed by atoms with van der Waals surface area (Å²) in [6.45, 7) is 8.82. The van der Waals surface area contributed by atoms with Gasteiger partial charge in [0.15, 0.2) is 0 Å². The lowest BCUT2D eigenvalue weighted by Gasteiger charge is -2.43. The number of rotatable bonds is 1. The highest BCUT2D eigenvalue weighted by molar-refractivity contribution is 5.97. The Bertz CT molecular complexity index is 993. The highest BCUT2D eigenvalue weighted by Gasteiger charge is 2.38. The fourth-order valence-electron chi connectivity index (χ4n) is 4.90. The van der Waals surface area contributed by atoms with Crippen molar-refractivity contribution in [3.8, 4) is 5.75 Å². The number of likely N-dealkylation sites (tertiary alicyclic amines) is 1. The Labute approximate surface area is 196 Å². The number of ether oxygens (including phenoxy) is 1. The predicted octanol–water partition coefficient (Wildman–Crippen LogP) is 4.31. The zero-order valence-corrected chi connectivity index (χ0v) is 20.1. The molecule has 0 saturated carbocycles. The van der Waals surface area contributed by atoms with Crippen LogP contribution in [0.25, 0.3) is 0 Å². The van der Waals surface area contributed by atoms with Gasteiger partial charge in [0.2, 0.25) is 0 Å². The Balaban J connectivity index is 1.51. The summed E-state index contributed by atoms with van der Waals surface area (Å²) >= 11 is 0. The van der Waals surface area contributed by atoms with E-state index in [4.69, 9.17) is 4.74 Å². The van der Waals surface area contributed by atoms with E-state index in [9.17, 15) is 9.59 Å². The van der Waals surface area contributed by atoms with Crippen molar-refractivity contribution in [2.75, 3.05) is 26.2 Å². The monoisotopic (exact) mass is 452 g/mol. The van der Waals surface area contributed by atoms with E-state index >= 15 is 0 Å². The summed E-state index contributed by atoms with van der Waals surface area (Å²) in [5.41, 5.74) is 1.79. The highest BCUT2D eigenvalue weighted by atomic mass is 16.5. The molecule has 33 heavy (non-hydrogen) atoms. The van der Waals surface area contributed by atoms with Crippen molar-refractivity contribution in [2.45, 2.75) is 64.7 Å². The van der Waals surface area contributed by atoms with E-state index in [0.29, 0.717) is 36.7 Å². The molecule has 1 fully saturated rings. The van der Waals surface area contributed by atoms with Gasteiger partial charge in [-0.1, -0.05) is 45.7 Å². The topological polar surface area (TPSA) is 87.3 Å². The fraction of sp³-hybridized carbons (Fsp3) is 0.577. The summed E-state index contributed by atoms with van der Waals surface area (Å²) < 4.78 is 5.87. The number of nitrogens with one attached hydrogen (secondary N) is 2. The lowest BCUT2D eigenvalue weighted by atomic mass is 9.75. The first kappa shape index (κ1) is 23.3. The second kappa shape index (κ2) is 9.57. The van der Waals surface area contributed by atoms with Gasteiger partial charge in [-0.2, -0.15) is 5.10 Å². The number of amides is 2. The molecule has 2 aromatic rings. The van der Waals surface area contributed by atoms with Gasteiger partial charge in [-0.15, -0.1) is 0 Å². The minimum absolute atomic E-state index is 0.0305. The molecule has 1 aromatic carbocycles. The van der Waals surface area contributed by atoms with E-state index in [1.165, 1.54) is 0 Å². The van der Waals surface area contributed by atoms with Crippen LogP contribution in [0.5, 0.6) is 5.75 Å². The van der Waals surface area contributed by atoms with Crippen molar-refractivity contribution < 1.29 is 14.3 Å². The van der Waals surface area contributed by atoms with Crippen LogP contribution in [-0.2, 0) is 5.41 Å². The molecule has 1 saturated heterocycles. The molecule has 3 heterocycles. The zero-order chi connectivity index (χ0) is 23.5. The normalized spacial score (nSPS) is 22.5. The quantitative estimate of drug-likeness (QED) is 0.675. The third-order valence-corrected chi connectivity index (χ3v) is 6.92. The van der Waals surface area contributed by atoms with E-state index in [2.05, 4.69) is 36.3 Å². The average Bonchev–Trinajstić information content (AvgIpc) is 3.30. The van der Waals surface area contributed by atoms with Crippen LogP contribution in [0.4, 0.5) is 0 Å². The van der Waals surface area contributed by atoms with Crippen molar-refractivity contribution >= 4 is 11.8 Å². The number of piperidine rings is 1. The summed E-state index contributed by atoms with van der Waals surface area (Å²) in [6, 6.07) is 9.30. The standard InChI is InChI=1S/C26H36N4O3/c1-25(2,3)22-16-20(28-29-22)24(32)30-14-9-13-26(18-30)12-7-4-8-15-33-21-11-6-5-10-19(21)23(31)27-17-26/h5-6,10-11,16H,4,7-9,12-15,17-18H2,1-3H3,(H,27,31)(H,28,29). The largest absolute Gasteiger partial charge is 0.493 e. The van der Waals surface area contributed by atoms with Gasteiger partial charge in [0, 0.05) is 36.2 Å². The van der Waals surface area contributed by atoms with Crippen LogP contribution in [0.1, 0.15) is 85.8 Å². The number of H-pyrrole nitrogens is 1. The van der Waals surface area contributed by atoms with E-state index in [0.717, 1.165) is 50.8 Å². The maximum Gasteiger partial charge on any atom is 0.274 e. The number of carbonyl (C=O) groups excluding carboxylic acids is 2. The maximum atomic E-state index is 13.3. The number of aromatic nitrogens is 2. The van der Waals surface area contributed by atoms with E-state index in [1.54, 1.807) is 0 Å². The molecule has 2 N–H and O–H groups in total. The van der Waals surface area contributed by atoms with Gasteiger partial charge >= 0.3 is 0 Å². The molecule has 0 bridgehead atoms. The lowest BCUT2D eigenvalue weighted by Crippen LogP contribution is -2.51. The van der Waals surface area contributed by atoms with Crippen molar-refractivity contribution in [2.24, 2.45) is 5.41 Å². The Kier molecular flexibility index (Phi) is 6.77. The highest BCUT2D eigenvalue weighted by Crippen LogP contribution is 2.36.